The third-order valence-corrected chi connectivity index (χ3v) is 7.21. The third kappa shape index (κ3) is 0.301. The molecule has 0 amide bonds. The Hall–Kier alpha value is 0.0200. The molecule has 4 saturated carbocycles. The van der Waals surface area contributed by atoms with E-state index in [-0.39, 0.29) is 0 Å². The second-order valence-electron chi connectivity index (χ2n) is 5.24. The first-order chi connectivity index (χ1) is 5.88. The summed E-state index contributed by atoms with van der Waals surface area (Å²) in [5.74, 6) is 5.55. The first-order valence-electron chi connectivity index (χ1n) is 5.07. The van der Waals surface area contributed by atoms with Crippen molar-refractivity contribution in [2.24, 2.45) is 35.5 Å². The number of carbonyl (C=O) groups excluding carboxylic acids is 1. The molecule has 8 atom stereocenters. The lowest BCUT2D eigenvalue weighted by Crippen LogP contribution is -2.46. The monoisotopic (exact) mass is 178 g/mol. The average Bonchev–Trinajstić information content (AvgIpc) is 2.47. The average molecular weight is 178 g/mol. The van der Waals surface area contributed by atoms with Crippen LogP contribution in [0, 0.1) is 35.5 Å². The summed E-state index contributed by atoms with van der Waals surface area (Å²) in [6, 6.07) is 0. The van der Waals surface area contributed by atoms with Gasteiger partial charge in [0.05, 0.1) is 0 Å². The summed E-state index contributed by atoms with van der Waals surface area (Å²) in [6.07, 6.45) is 1.43. The van der Waals surface area contributed by atoms with Crippen molar-refractivity contribution in [1.82, 2.24) is 0 Å². The van der Waals surface area contributed by atoms with Crippen LogP contribution < -0.4 is 0 Å². The molecule has 1 heterocycles. The number of thioether (sulfide) groups is 1. The van der Waals surface area contributed by atoms with Gasteiger partial charge in [-0.3, -0.25) is 4.79 Å². The van der Waals surface area contributed by atoms with E-state index in [1.54, 1.807) is 0 Å². The third-order valence-electron chi connectivity index (χ3n) is 5.33. The lowest BCUT2D eigenvalue weighted by atomic mass is 9.64. The van der Waals surface area contributed by atoms with Gasteiger partial charge in [0.15, 0.2) is 0 Å². The molecule has 1 nitrogen and oxygen atoms in total. The van der Waals surface area contributed by atoms with Crippen LogP contribution in [0.15, 0.2) is 0 Å². The number of hydrogen-bond acceptors (Lipinski definition) is 2. The SMILES string of the molecule is O=C1[C@@H]2[C@H]3C[C@H]4[C@H]2S[C@H]2[C@@H]1[C@H]3[C@H]42. The highest BCUT2D eigenvalue weighted by Gasteiger charge is 2.81. The van der Waals surface area contributed by atoms with Gasteiger partial charge in [0.1, 0.15) is 5.78 Å². The Kier molecular flexibility index (Phi) is 0.623. The van der Waals surface area contributed by atoms with Crippen molar-refractivity contribution < 1.29 is 4.79 Å². The second kappa shape index (κ2) is 1.31. The number of Topliss-reactive ketones (excluding diaryl/α,β-unsaturated/α-hetero) is 1. The van der Waals surface area contributed by atoms with Crippen LogP contribution in [0.3, 0.4) is 0 Å². The molecule has 62 valence electrons. The van der Waals surface area contributed by atoms with E-state index in [1.165, 1.54) is 6.42 Å². The summed E-state index contributed by atoms with van der Waals surface area (Å²) in [5, 5.41) is 1.61. The van der Waals surface area contributed by atoms with Gasteiger partial charge in [-0.2, -0.15) is 11.8 Å². The predicted octanol–water partition coefficient (Wildman–Crippen LogP) is 1.18. The van der Waals surface area contributed by atoms with Gasteiger partial charge >= 0.3 is 0 Å². The van der Waals surface area contributed by atoms with E-state index >= 15 is 0 Å². The molecular formula is C10H10OS. The summed E-state index contributed by atoms with van der Waals surface area (Å²) < 4.78 is 0. The van der Waals surface area contributed by atoms with Crippen LogP contribution in [-0.4, -0.2) is 16.3 Å². The fourth-order valence-corrected chi connectivity index (χ4v) is 7.63. The van der Waals surface area contributed by atoms with Crippen LogP contribution in [-0.2, 0) is 4.79 Å². The normalized spacial score (nSPS) is 79.2. The maximum absolute atomic E-state index is 11.9. The molecule has 0 aromatic carbocycles. The largest absolute Gasteiger partial charge is 0.299 e. The quantitative estimate of drug-likeness (QED) is 0.554. The summed E-state index contributed by atoms with van der Waals surface area (Å²) in [4.78, 5) is 11.9. The number of ketones is 1. The molecule has 0 N–H and O–H groups in total. The minimum Gasteiger partial charge on any atom is -0.299 e. The van der Waals surface area contributed by atoms with Gasteiger partial charge < -0.3 is 0 Å². The zero-order valence-corrected chi connectivity index (χ0v) is 7.46. The molecule has 0 radical (unpaired) electrons. The smallest absolute Gasteiger partial charge is 0.141 e. The maximum Gasteiger partial charge on any atom is 0.141 e. The molecule has 2 bridgehead atoms. The summed E-state index contributed by atoms with van der Waals surface area (Å²) >= 11 is 2.19. The molecular weight excluding hydrogens is 168 g/mol. The molecule has 0 spiro atoms. The van der Waals surface area contributed by atoms with Crippen LogP contribution in [0.1, 0.15) is 6.42 Å². The van der Waals surface area contributed by atoms with Crippen molar-refractivity contribution in [2.45, 2.75) is 16.9 Å². The Balaban J connectivity index is 1.91. The highest BCUT2D eigenvalue weighted by molar-refractivity contribution is 8.01. The Morgan fingerprint density at radius 3 is 2.92 bits per heavy atom. The van der Waals surface area contributed by atoms with Gasteiger partial charge in [-0.05, 0) is 30.1 Å². The molecule has 0 aromatic heterocycles. The van der Waals surface area contributed by atoms with Crippen LogP contribution >= 0.6 is 11.8 Å². The molecule has 2 heteroatoms. The highest BCUT2D eigenvalue weighted by Crippen LogP contribution is 2.81. The van der Waals surface area contributed by atoms with Crippen LogP contribution in [0.25, 0.3) is 0 Å². The minimum absolute atomic E-state index is 0.546. The Morgan fingerprint density at radius 2 is 2.00 bits per heavy atom. The van der Waals surface area contributed by atoms with Crippen molar-refractivity contribution >= 4 is 17.5 Å². The van der Waals surface area contributed by atoms with Crippen molar-refractivity contribution in [2.75, 3.05) is 0 Å². The van der Waals surface area contributed by atoms with E-state index in [9.17, 15) is 4.79 Å². The standard InChI is InChI=1S/C10H10OS/c11-8-6-2-1-3-5-4(2)7(8)10(5)12-9(3)6/h2-7,9-10H,1H2/t2-,3+,4+,5-,6-,7+,9+,10+/m0/s1. The van der Waals surface area contributed by atoms with Crippen molar-refractivity contribution in [3.8, 4) is 0 Å². The van der Waals surface area contributed by atoms with Crippen LogP contribution in [0.2, 0.25) is 0 Å². The predicted molar refractivity (Wildman–Crippen MR) is 45.7 cm³/mol. The number of hydrogen-bond donors (Lipinski definition) is 0. The molecule has 12 heavy (non-hydrogen) atoms. The Labute approximate surface area is 75.3 Å². The summed E-state index contributed by atoms with van der Waals surface area (Å²) in [6.45, 7) is 0. The van der Waals surface area contributed by atoms with Crippen molar-refractivity contribution in [3.63, 3.8) is 0 Å². The van der Waals surface area contributed by atoms with Crippen LogP contribution in [0.5, 0.6) is 0 Å². The molecule has 5 rings (SSSR count). The topological polar surface area (TPSA) is 17.1 Å². The number of rotatable bonds is 0. The molecule has 0 unspecified atom stereocenters. The fourth-order valence-electron chi connectivity index (χ4n) is 5.22. The maximum atomic E-state index is 11.9. The van der Waals surface area contributed by atoms with E-state index in [1.807, 2.05) is 0 Å². The minimum atomic E-state index is 0.546. The number of fused-ring (bicyclic) bond motifs is 2. The lowest BCUT2D eigenvalue weighted by molar-refractivity contribution is -0.126. The Morgan fingerprint density at radius 1 is 1.08 bits per heavy atom. The first-order valence-corrected chi connectivity index (χ1v) is 6.01. The zero-order valence-electron chi connectivity index (χ0n) is 6.64. The van der Waals surface area contributed by atoms with Gasteiger partial charge in [-0.1, -0.05) is 0 Å². The van der Waals surface area contributed by atoms with Crippen molar-refractivity contribution in [3.05, 3.63) is 0 Å². The molecule has 5 fully saturated rings. The van der Waals surface area contributed by atoms with Gasteiger partial charge in [0, 0.05) is 22.3 Å². The molecule has 5 aliphatic rings. The second-order valence-corrected chi connectivity index (χ2v) is 6.60. The summed E-state index contributed by atoms with van der Waals surface area (Å²) in [5.41, 5.74) is 0. The first kappa shape index (κ1) is 5.69. The van der Waals surface area contributed by atoms with Crippen LogP contribution in [0.4, 0.5) is 0 Å². The molecule has 0 aromatic rings. The van der Waals surface area contributed by atoms with E-state index in [4.69, 9.17) is 0 Å². The molecule has 1 saturated heterocycles. The zero-order chi connectivity index (χ0) is 7.61. The number of carbonyl (C=O) groups is 1. The molecule has 4 aliphatic carbocycles. The van der Waals surface area contributed by atoms with Crippen molar-refractivity contribution in [1.29, 1.82) is 0 Å². The Bertz CT molecular complexity index is 320. The summed E-state index contributed by atoms with van der Waals surface area (Å²) in [7, 11) is 0. The van der Waals surface area contributed by atoms with Gasteiger partial charge in [0.2, 0.25) is 0 Å². The van der Waals surface area contributed by atoms with Gasteiger partial charge in [0.25, 0.3) is 0 Å². The fraction of sp³-hybridized carbons (Fsp3) is 0.900. The lowest BCUT2D eigenvalue weighted by Gasteiger charge is -2.42. The van der Waals surface area contributed by atoms with E-state index in [0.29, 0.717) is 17.6 Å². The van der Waals surface area contributed by atoms with E-state index < -0.39 is 0 Å². The van der Waals surface area contributed by atoms with Gasteiger partial charge in [-0.15, -0.1) is 0 Å². The van der Waals surface area contributed by atoms with E-state index in [2.05, 4.69) is 11.8 Å². The highest BCUT2D eigenvalue weighted by atomic mass is 32.2. The van der Waals surface area contributed by atoms with Gasteiger partial charge in [-0.25, -0.2) is 0 Å². The van der Waals surface area contributed by atoms with E-state index in [0.717, 1.165) is 34.2 Å². The molecule has 1 aliphatic heterocycles.